The molecule has 3 aromatic heterocycles. The van der Waals surface area contributed by atoms with Crippen LogP contribution >= 0.6 is 0 Å². The molecule has 1 aliphatic heterocycles. The molecule has 20 nitrogen and oxygen atoms in total. The van der Waals surface area contributed by atoms with Crippen molar-refractivity contribution in [3.63, 3.8) is 0 Å². The monoisotopic (exact) mass is 1360 g/mol. The molecular weight excluding hydrogens is 1270 g/mol. The zero-order chi connectivity index (χ0) is 70.2. The smallest absolute Gasteiger partial charge is 0.408 e. The van der Waals surface area contributed by atoms with Gasteiger partial charge in [-0.2, -0.15) is 0 Å². The first-order valence-corrected chi connectivity index (χ1v) is 36.4. The molecule has 10 N–H and O–H groups in total. The van der Waals surface area contributed by atoms with Crippen LogP contribution in [-0.4, -0.2) is 126 Å². The van der Waals surface area contributed by atoms with Crippen LogP contribution in [-0.2, 0) is 68.5 Å². The second kappa shape index (κ2) is 33.1. The fourth-order valence-corrected chi connectivity index (χ4v) is 18.1. The number of benzene rings is 6. The quantitative estimate of drug-likeness (QED) is 0.0145. The molecule has 99 heavy (non-hydrogen) atoms. The van der Waals surface area contributed by atoms with E-state index in [1.807, 2.05) is 173 Å². The number of ether oxygens (including phenoxy) is 2. The molecule has 0 radical (unpaired) electrons. The third-order valence-electron chi connectivity index (χ3n) is 18.5. The Morgan fingerprint density at radius 2 is 0.889 bits per heavy atom. The maximum atomic E-state index is 15.1. The molecule has 4 heterocycles. The summed E-state index contributed by atoms with van der Waals surface area (Å²) < 4.78 is 19.1. The molecule has 0 saturated carbocycles. The summed E-state index contributed by atoms with van der Waals surface area (Å²) in [5.74, 6) is -3.38. The van der Waals surface area contributed by atoms with Gasteiger partial charge in [-0.05, 0) is 100 Å². The largest absolute Gasteiger partial charge is 0.445 e. The summed E-state index contributed by atoms with van der Waals surface area (Å²) in [4.78, 5) is 111. The van der Waals surface area contributed by atoms with Gasteiger partial charge in [0.2, 0.25) is 35.4 Å². The van der Waals surface area contributed by atoms with Gasteiger partial charge in [0, 0.05) is 77.1 Å². The van der Waals surface area contributed by atoms with Crippen LogP contribution in [0.4, 0.5) is 4.79 Å². The van der Waals surface area contributed by atoms with E-state index in [1.165, 1.54) is 0 Å². The van der Waals surface area contributed by atoms with Gasteiger partial charge < -0.3 is 66.1 Å². The Labute approximate surface area is 579 Å². The Morgan fingerprint density at radius 1 is 0.485 bits per heavy atom. The summed E-state index contributed by atoms with van der Waals surface area (Å²) in [6.45, 7) is 16.4. The number of rotatable bonds is 31. The van der Waals surface area contributed by atoms with Gasteiger partial charge in [-0.3, -0.25) is 28.8 Å². The third kappa shape index (κ3) is 18.3. The Hall–Kier alpha value is -9.83. The highest BCUT2D eigenvalue weighted by molar-refractivity contribution is 6.99. The van der Waals surface area contributed by atoms with Gasteiger partial charge in [0.25, 0.3) is 8.32 Å². The second-order valence-electron chi connectivity index (χ2n) is 27.8. The molecular formula is C78H94N10O10Si. The summed E-state index contributed by atoms with van der Waals surface area (Å²) in [5.41, 5.74) is 5.67. The first-order valence-electron chi connectivity index (χ1n) is 34.5. The number of carbonyl (C=O) groups excluding carboxylic acids is 7. The Morgan fingerprint density at radius 3 is 1.35 bits per heavy atom. The predicted octanol–water partition coefficient (Wildman–Crippen LogP) is 9.23. The van der Waals surface area contributed by atoms with Gasteiger partial charge in [-0.25, -0.2) is 4.79 Å². The lowest BCUT2D eigenvalue weighted by atomic mass is 9.99. The maximum Gasteiger partial charge on any atom is 0.408 e. The molecule has 0 spiro atoms. The van der Waals surface area contributed by atoms with Crippen LogP contribution in [0.5, 0.6) is 0 Å². The van der Waals surface area contributed by atoms with Crippen LogP contribution in [0.1, 0.15) is 103 Å². The van der Waals surface area contributed by atoms with E-state index in [1.54, 1.807) is 19.3 Å². The van der Waals surface area contributed by atoms with E-state index in [0.29, 0.717) is 6.42 Å². The zero-order valence-electron chi connectivity index (χ0n) is 57.7. The van der Waals surface area contributed by atoms with E-state index in [4.69, 9.17) is 13.9 Å². The third-order valence-corrected chi connectivity index (χ3v) is 23.5. The van der Waals surface area contributed by atoms with E-state index in [0.717, 1.165) is 65.3 Å². The highest BCUT2D eigenvalue weighted by Crippen LogP contribution is 2.37. The Balaban J connectivity index is 0.816. The number of nitrogens with one attached hydrogen (secondary N) is 10. The fraction of sp³-hybridized carbons (Fsp3) is 0.372. The second-order valence-corrected chi connectivity index (χ2v) is 32.1. The van der Waals surface area contributed by atoms with Crippen LogP contribution in [0.15, 0.2) is 182 Å². The minimum Gasteiger partial charge on any atom is -0.445 e. The summed E-state index contributed by atoms with van der Waals surface area (Å²) >= 11 is 0. The average molecular weight is 1360 g/mol. The number of H-pyrrole nitrogens is 3. The predicted molar refractivity (Wildman–Crippen MR) is 388 cm³/mol. The lowest BCUT2D eigenvalue weighted by Crippen LogP contribution is -2.67. The molecule has 1 fully saturated rings. The summed E-state index contributed by atoms with van der Waals surface area (Å²) in [5, 5.41) is 25.4. The van der Waals surface area contributed by atoms with Gasteiger partial charge in [0.15, 0.2) is 0 Å². The Bertz CT molecular complexity index is 4170. The first kappa shape index (κ1) is 71.9. The van der Waals surface area contributed by atoms with Crippen molar-refractivity contribution >= 4 is 92.9 Å². The highest BCUT2D eigenvalue weighted by atomic mass is 28.4. The van der Waals surface area contributed by atoms with E-state index in [9.17, 15) is 28.8 Å². The Kier molecular flexibility index (Phi) is 24.1. The fourth-order valence-electron chi connectivity index (χ4n) is 13.5. The van der Waals surface area contributed by atoms with Gasteiger partial charge in [0.05, 0.1) is 18.8 Å². The van der Waals surface area contributed by atoms with Gasteiger partial charge in [-0.15, -0.1) is 0 Å². The molecule has 520 valence electrons. The molecule has 0 bridgehead atoms. The van der Waals surface area contributed by atoms with Gasteiger partial charge in [0.1, 0.15) is 42.9 Å². The van der Waals surface area contributed by atoms with Crippen LogP contribution in [0.2, 0.25) is 5.04 Å². The molecule has 6 aromatic carbocycles. The van der Waals surface area contributed by atoms with Crippen molar-refractivity contribution in [1.82, 2.24) is 52.2 Å². The average Bonchev–Trinajstić information content (AvgIpc) is 1.65. The lowest BCUT2D eigenvalue weighted by molar-refractivity contribution is -0.138. The lowest BCUT2D eigenvalue weighted by Gasteiger charge is -2.43. The van der Waals surface area contributed by atoms with Gasteiger partial charge in [-0.1, -0.05) is 194 Å². The van der Waals surface area contributed by atoms with E-state index < -0.39 is 98.3 Å². The van der Waals surface area contributed by atoms with Crippen molar-refractivity contribution in [3.05, 3.63) is 205 Å². The molecule has 7 amide bonds. The minimum absolute atomic E-state index is 0.0141. The number of para-hydroxylation sites is 3. The number of hydrogen-bond donors (Lipinski definition) is 10. The molecule has 21 heteroatoms. The van der Waals surface area contributed by atoms with Crippen LogP contribution in [0.3, 0.4) is 0 Å². The number of carbonyl (C=O) groups is 7. The molecule has 0 aliphatic carbocycles. The van der Waals surface area contributed by atoms with Crippen molar-refractivity contribution < 1.29 is 47.5 Å². The summed E-state index contributed by atoms with van der Waals surface area (Å²) in [6, 6.07) is 46.5. The number of hydrogen-bond acceptors (Lipinski definition) is 10. The molecule has 1 saturated heterocycles. The van der Waals surface area contributed by atoms with Crippen molar-refractivity contribution in [2.45, 2.75) is 160 Å². The molecule has 8 atom stereocenters. The van der Waals surface area contributed by atoms with Crippen molar-refractivity contribution in [2.75, 3.05) is 13.2 Å². The van der Waals surface area contributed by atoms with Gasteiger partial charge >= 0.3 is 6.09 Å². The molecule has 1 aliphatic rings. The first-order chi connectivity index (χ1) is 47.6. The molecule has 10 rings (SSSR count). The number of fused-ring (bicyclic) bond motifs is 3. The zero-order valence-corrected chi connectivity index (χ0v) is 58.7. The van der Waals surface area contributed by atoms with Crippen LogP contribution in [0, 0.1) is 11.8 Å². The van der Waals surface area contributed by atoms with Crippen LogP contribution in [0.25, 0.3) is 32.7 Å². The standard InChI is InChI=1S/C78H94N10O10Si/c1-49(2)40-64(84-75(93)68(44-55-47-82-63-35-23-20-32-60(55)63)88-77(95)96-48-52-24-12-9-13-25-52)72(90)83-51(5)69-36-37-70(98-69)76(94)87-67(43-54-46-81-62-34-22-19-31-59(54)62)74(92)85-65(41-50(3)4)73(91)86-66(42-53-45-80-61-33-21-18-30-58(53)61)71(89)79-38-39-97-99(78(6,7)8,56-26-14-10-15-27-56)57-28-16-11-17-29-57/h9-35,45-47,49-51,64-70,80-82H,36-44,48H2,1-8H3,(H,79,89)(H,83,90)(H,84,93)(H,85,92)(H,86,91)(H,87,94)(H,88,95)/t51-,64+,65+,66-,67-,68-,69-,70+/m0/s1. The summed E-state index contributed by atoms with van der Waals surface area (Å²) in [7, 11) is -2.95. The number of aromatic amines is 3. The minimum atomic E-state index is -2.95. The number of aromatic nitrogens is 3. The van der Waals surface area contributed by atoms with Crippen molar-refractivity contribution in [1.29, 1.82) is 0 Å². The SMILES string of the molecule is CC(C)C[C@@H](NC(=O)[C@H](Cc1c[nH]c2ccccc12)NC(=O)[C@H]1CC[C@@H]([C@H](C)NC(=O)[C@@H](CC(C)C)NC(=O)[C@H](Cc2c[nH]c3ccccc23)NC(=O)OCc2ccccc2)O1)C(=O)N[C@@H](Cc1c[nH]c2ccccc12)C(=O)NCCO[Si](c1ccccc1)(c1ccccc1)C(C)(C)C. The normalized spacial score (nSPS) is 15.9. The van der Waals surface area contributed by atoms with Crippen LogP contribution < -0.4 is 47.6 Å². The van der Waals surface area contributed by atoms with E-state index in [2.05, 4.69) is 97.2 Å². The highest BCUT2D eigenvalue weighted by Gasteiger charge is 2.50. The van der Waals surface area contributed by atoms with Crippen molar-refractivity contribution in [3.8, 4) is 0 Å². The van der Waals surface area contributed by atoms with E-state index >= 15 is 4.79 Å². The number of alkyl carbamates (subject to hydrolysis) is 1. The summed E-state index contributed by atoms with van der Waals surface area (Å²) in [6.07, 6.45) is 4.33. The maximum absolute atomic E-state index is 15.1. The van der Waals surface area contributed by atoms with E-state index in [-0.39, 0.29) is 75.2 Å². The molecule has 0 unspecified atom stereocenters. The topological polar surface area (TPSA) is 279 Å². The number of amides is 7. The molecule has 9 aromatic rings. The van der Waals surface area contributed by atoms with Crippen molar-refractivity contribution in [2.24, 2.45) is 11.8 Å².